The van der Waals surface area contributed by atoms with E-state index in [0.29, 0.717) is 17.4 Å². The topological polar surface area (TPSA) is 138 Å². The molecule has 0 saturated carbocycles. The Labute approximate surface area is 174 Å². The number of carboxylic acids is 2. The maximum absolute atomic E-state index is 11.3. The van der Waals surface area contributed by atoms with Crippen molar-refractivity contribution in [2.45, 2.75) is 51.6 Å². The van der Waals surface area contributed by atoms with E-state index >= 15 is 0 Å². The fourth-order valence-corrected chi connectivity index (χ4v) is 3.47. The Morgan fingerprint density at radius 1 is 1.34 bits per heavy atom. The molecule has 1 fully saturated rings. The number of carboxylic acid groups (broad SMARTS) is 2. The van der Waals surface area contributed by atoms with Crippen LogP contribution in [0, 0.1) is 11.8 Å². The molecule has 1 saturated heterocycles. The van der Waals surface area contributed by atoms with E-state index in [9.17, 15) is 14.7 Å². The van der Waals surface area contributed by atoms with Gasteiger partial charge in [0.15, 0.2) is 23.1 Å². The highest BCUT2D eigenvalue weighted by molar-refractivity contribution is 6.30. The van der Waals surface area contributed by atoms with E-state index in [4.69, 9.17) is 31.3 Å². The minimum absolute atomic E-state index is 0.108. The van der Waals surface area contributed by atoms with Crippen molar-refractivity contribution in [2.75, 3.05) is 13.1 Å². The zero-order valence-electron chi connectivity index (χ0n) is 16.4. The van der Waals surface area contributed by atoms with Crippen LogP contribution in [0.2, 0.25) is 5.15 Å². The molecule has 162 valence electrons. The third-order valence-electron chi connectivity index (χ3n) is 4.74. The van der Waals surface area contributed by atoms with Crippen molar-refractivity contribution in [1.82, 2.24) is 10.3 Å². The second-order valence-electron chi connectivity index (χ2n) is 7.48. The molecule has 0 aliphatic carbocycles. The number of aliphatic hydroxyl groups excluding tert-OH is 1. The van der Waals surface area contributed by atoms with Gasteiger partial charge in [0, 0.05) is 24.2 Å². The van der Waals surface area contributed by atoms with Crippen LogP contribution >= 0.6 is 11.6 Å². The normalized spacial score (nSPS) is 19.7. The van der Waals surface area contributed by atoms with E-state index in [1.165, 1.54) is 6.20 Å². The molecule has 0 aromatic carbocycles. The molecule has 1 aromatic rings. The lowest BCUT2D eigenvalue weighted by Crippen LogP contribution is -2.41. The summed E-state index contributed by atoms with van der Waals surface area (Å²) >= 11 is 6.24. The highest BCUT2D eigenvalue weighted by Crippen LogP contribution is 2.32. The molecule has 4 N–H and O–H groups in total. The number of hydrogen-bond acceptors (Lipinski definition) is 7. The van der Waals surface area contributed by atoms with Gasteiger partial charge in [-0.2, -0.15) is 0 Å². The quantitative estimate of drug-likeness (QED) is 0.385. The Bertz CT molecular complexity index is 710. The average Bonchev–Trinajstić information content (AvgIpc) is 3.17. The number of carbonyl (C=O) groups is 2. The molecule has 0 spiro atoms. The number of nitrogens with one attached hydrogen (secondary N) is 1. The number of halogens is 1. The smallest absolute Gasteiger partial charge is 0.336 e. The van der Waals surface area contributed by atoms with Gasteiger partial charge in [-0.15, -0.1) is 0 Å². The summed E-state index contributed by atoms with van der Waals surface area (Å²) in [6, 6.07) is 1.56. The SMILES string of the molecule is CC(C)CC(Oc1c(COC(C(=O)O)C(O)C(=O)O)ccnc1Cl)C1CCNC1. The molecular weight excluding hydrogens is 404 g/mol. The molecule has 1 aliphatic rings. The first-order valence-electron chi connectivity index (χ1n) is 9.46. The Morgan fingerprint density at radius 2 is 2.07 bits per heavy atom. The number of aliphatic hydroxyl groups is 1. The van der Waals surface area contributed by atoms with Crippen molar-refractivity contribution in [1.29, 1.82) is 0 Å². The van der Waals surface area contributed by atoms with Gasteiger partial charge >= 0.3 is 11.9 Å². The fourth-order valence-electron chi connectivity index (χ4n) is 3.25. The van der Waals surface area contributed by atoms with Gasteiger partial charge in [-0.3, -0.25) is 0 Å². The standard InChI is InChI=1S/C19H27ClN2O7/c1-10(2)7-13(11-3-5-21-8-11)29-15-12(4-6-22-17(15)20)9-28-16(19(26)27)14(23)18(24)25/h4,6,10-11,13-14,16,21,23H,3,5,7-9H2,1-2H3,(H,24,25)(H,26,27). The van der Waals surface area contributed by atoms with Gasteiger partial charge in [0.25, 0.3) is 0 Å². The fraction of sp³-hybridized carbons (Fsp3) is 0.632. The molecule has 0 amide bonds. The van der Waals surface area contributed by atoms with Crippen LogP contribution in [0.15, 0.2) is 12.3 Å². The lowest BCUT2D eigenvalue weighted by molar-refractivity contribution is -0.172. The minimum Gasteiger partial charge on any atom is -0.486 e. The van der Waals surface area contributed by atoms with E-state index in [2.05, 4.69) is 24.1 Å². The number of aliphatic carboxylic acids is 2. The minimum atomic E-state index is -2.20. The Morgan fingerprint density at radius 3 is 2.62 bits per heavy atom. The number of hydrogen-bond donors (Lipinski definition) is 4. The summed E-state index contributed by atoms with van der Waals surface area (Å²) in [5.74, 6) is -2.31. The molecule has 4 unspecified atom stereocenters. The first kappa shape index (κ1) is 23.3. The van der Waals surface area contributed by atoms with Gasteiger partial charge in [0.05, 0.1) is 6.61 Å². The van der Waals surface area contributed by atoms with E-state index in [1.54, 1.807) is 6.07 Å². The van der Waals surface area contributed by atoms with Gasteiger partial charge in [0.1, 0.15) is 6.10 Å². The van der Waals surface area contributed by atoms with Crippen molar-refractivity contribution in [2.24, 2.45) is 11.8 Å². The highest BCUT2D eigenvalue weighted by Gasteiger charge is 2.34. The summed E-state index contributed by atoms with van der Waals surface area (Å²) in [4.78, 5) is 26.2. The summed E-state index contributed by atoms with van der Waals surface area (Å²) in [6.45, 7) is 5.62. The van der Waals surface area contributed by atoms with Gasteiger partial charge in [0.2, 0.25) is 0 Å². The second kappa shape index (κ2) is 10.7. The van der Waals surface area contributed by atoms with Crippen molar-refractivity contribution < 1.29 is 34.4 Å². The van der Waals surface area contributed by atoms with Crippen molar-refractivity contribution in [3.05, 3.63) is 23.0 Å². The monoisotopic (exact) mass is 430 g/mol. The number of rotatable bonds is 11. The lowest BCUT2D eigenvalue weighted by atomic mass is 9.93. The van der Waals surface area contributed by atoms with Crippen LogP contribution in [-0.2, 0) is 20.9 Å². The van der Waals surface area contributed by atoms with Crippen LogP contribution < -0.4 is 10.1 Å². The Hall–Kier alpha value is -1.94. The molecular formula is C19H27ClN2O7. The summed E-state index contributed by atoms with van der Waals surface area (Å²) in [6.07, 6.45) is -1.07. The van der Waals surface area contributed by atoms with Gasteiger partial charge in [-0.1, -0.05) is 25.4 Å². The number of pyridine rings is 1. The molecule has 29 heavy (non-hydrogen) atoms. The number of nitrogens with zero attached hydrogens (tertiary/aromatic N) is 1. The number of ether oxygens (including phenoxy) is 2. The maximum atomic E-state index is 11.3. The highest BCUT2D eigenvalue weighted by atomic mass is 35.5. The second-order valence-corrected chi connectivity index (χ2v) is 7.84. The number of aromatic nitrogens is 1. The summed E-state index contributed by atoms with van der Waals surface area (Å²) < 4.78 is 11.4. The van der Waals surface area contributed by atoms with Crippen LogP contribution in [0.5, 0.6) is 5.75 Å². The molecule has 0 radical (unpaired) electrons. The zero-order chi connectivity index (χ0) is 21.6. The molecule has 9 nitrogen and oxygen atoms in total. The largest absolute Gasteiger partial charge is 0.486 e. The molecule has 0 bridgehead atoms. The Balaban J connectivity index is 2.20. The van der Waals surface area contributed by atoms with Gasteiger partial charge in [-0.05, 0) is 31.4 Å². The summed E-state index contributed by atoms with van der Waals surface area (Å²) in [5.41, 5.74) is 0.425. The first-order chi connectivity index (χ1) is 13.7. The molecule has 1 aromatic heterocycles. The van der Waals surface area contributed by atoms with Crippen LogP contribution in [0.4, 0.5) is 0 Å². The van der Waals surface area contributed by atoms with E-state index in [0.717, 1.165) is 25.9 Å². The van der Waals surface area contributed by atoms with Crippen LogP contribution in [0.1, 0.15) is 32.3 Å². The predicted octanol–water partition coefficient (Wildman–Crippen LogP) is 1.55. The lowest BCUT2D eigenvalue weighted by Gasteiger charge is -2.27. The molecule has 2 rings (SSSR count). The van der Waals surface area contributed by atoms with Gasteiger partial charge < -0.3 is 30.1 Å². The Kier molecular flexibility index (Phi) is 8.63. The molecule has 2 heterocycles. The third-order valence-corrected chi connectivity index (χ3v) is 5.01. The van der Waals surface area contributed by atoms with Crippen LogP contribution in [0.25, 0.3) is 0 Å². The van der Waals surface area contributed by atoms with Crippen LogP contribution in [0.3, 0.4) is 0 Å². The van der Waals surface area contributed by atoms with E-state index in [-0.39, 0.29) is 23.6 Å². The van der Waals surface area contributed by atoms with Crippen LogP contribution in [-0.4, -0.2) is 63.6 Å². The summed E-state index contributed by atoms with van der Waals surface area (Å²) in [7, 11) is 0. The predicted molar refractivity (Wildman–Crippen MR) is 104 cm³/mol. The maximum Gasteiger partial charge on any atom is 0.336 e. The molecule has 4 atom stereocenters. The summed E-state index contributed by atoms with van der Waals surface area (Å²) in [5, 5.41) is 31.0. The van der Waals surface area contributed by atoms with Gasteiger partial charge in [-0.25, -0.2) is 14.6 Å². The third kappa shape index (κ3) is 6.53. The van der Waals surface area contributed by atoms with Crippen molar-refractivity contribution >= 4 is 23.5 Å². The zero-order valence-corrected chi connectivity index (χ0v) is 17.1. The van der Waals surface area contributed by atoms with E-state index in [1.807, 2.05) is 0 Å². The van der Waals surface area contributed by atoms with Crippen molar-refractivity contribution in [3.8, 4) is 5.75 Å². The van der Waals surface area contributed by atoms with Crippen molar-refractivity contribution in [3.63, 3.8) is 0 Å². The molecule has 10 heteroatoms. The molecule has 1 aliphatic heterocycles. The van der Waals surface area contributed by atoms with E-state index < -0.39 is 24.1 Å². The average molecular weight is 431 g/mol. The first-order valence-corrected chi connectivity index (χ1v) is 9.84.